The normalized spacial score (nSPS) is 17.1. The number of nitrogens with zero attached hydrogens (tertiary/aromatic N) is 2. The number of amides is 4. The quantitative estimate of drug-likeness (QED) is 0.301. The molecule has 0 saturated carbocycles. The highest BCUT2D eigenvalue weighted by atomic mass is 16.6. The van der Waals surface area contributed by atoms with Gasteiger partial charge < -0.3 is 15.4 Å². The van der Waals surface area contributed by atoms with E-state index in [-0.39, 0.29) is 11.3 Å². The van der Waals surface area contributed by atoms with E-state index in [4.69, 9.17) is 4.74 Å². The summed E-state index contributed by atoms with van der Waals surface area (Å²) < 4.78 is 5.78. The third kappa shape index (κ3) is 4.96. The molecule has 35 heavy (non-hydrogen) atoms. The molecule has 1 aliphatic heterocycles. The maximum atomic E-state index is 13.0. The fourth-order valence-corrected chi connectivity index (χ4v) is 3.73. The number of hydrogen-bond donors (Lipinski definition) is 2. The molecule has 4 amide bonds. The first-order valence-electron chi connectivity index (χ1n) is 10.7. The number of nitro groups is 1. The van der Waals surface area contributed by atoms with Gasteiger partial charge in [-0.3, -0.25) is 24.6 Å². The number of aryl methyl sites for hydroxylation is 1. The Morgan fingerprint density at radius 1 is 1.06 bits per heavy atom. The van der Waals surface area contributed by atoms with Crippen LogP contribution in [0.25, 0.3) is 0 Å². The van der Waals surface area contributed by atoms with Crippen LogP contribution in [0, 0.1) is 17.0 Å². The minimum Gasteiger partial charge on any atom is -0.457 e. The summed E-state index contributed by atoms with van der Waals surface area (Å²) >= 11 is 0. The molecule has 1 atom stereocenters. The van der Waals surface area contributed by atoms with E-state index in [1.54, 1.807) is 24.3 Å². The molecule has 0 spiro atoms. The van der Waals surface area contributed by atoms with E-state index in [1.165, 1.54) is 31.2 Å². The predicted octanol–water partition coefficient (Wildman–Crippen LogP) is 4.10. The summed E-state index contributed by atoms with van der Waals surface area (Å²) in [6, 6.07) is 18.9. The zero-order valence-electron chi connectivity index (χ0n) is 19.0. The van der Waals surface area contributed by atoms with Crippen molar-refractivity contribution in [3.05, 3.63) is 94.0 Å². The molecule has 2 N–H and O–H groups in total. The standard InChI is InChI=1S/C25H22N4O6/c1-16-5-3-8-21(13-16)35-20-11-9-18(10-12-20)26-22(30)15-28-23(31)25(2,27-24(28)32)17-6-4-7-19(14-17)29(33)34/h3-14H,15H2,1-2H3,(H,26,30)(H,27,32). The third-order valence-corrected chi connectivity index (χ3v) is 5.57. The molecule has 10 heteroatoms. The molecule has 3 aromatic rings. The summed E-state index contributed by atoms with van der Waals surface area (Å²) in [6.45, 7) is 2.89. The molecule has 3 aromatic carbocycles. The van der Waals surface area contributed by atoms with Crippen LogP contribution in [-0.4, -0.2) is 34.2 Å². The maximum Gasteiger partial charge on any atom is 0.325 e. The second kappa shape index (κ2) is 9.26. The topological polar surface area (TPSA) is 131 Å². The maximum absolute atomic E-state index is 13.0. The number of anilines is 1. The molecule has 1 heterocycles. The van der Waals surface area contributed by atoms with Crippen molar-refractivity contribution in [1.29, 1.82) is 0 Å². The van der Waals surface area contributed by atoms with Crippen LogP contribution in [-0.2, 0) is 15.1 Å². The highest BCUT2D eigenvalue weighted by Crippen LogP contribution is 2.31. The number of nitrogens with one attached hydrogen (secondary N) is 2. The molecular formula is C25H22N4O6. The van der Waals surface area contributed by atoms with Crippen LogP contribution in [0.3, 0.4) is 0 Å². The van der Waals surface area contributed by atoms with Crippen molar-refractivity contribution < 1.29 is 24.0 Å². The van der Waals surface area contributed by atoms with Gasteiger partial charge in [0.15, 0.2) is 0 Å². The van der Waals surface area contributed by atoms with Gasteiger partial charge in [-0.25, -0.2) is 4.79 Å². The number of urea groups is 1. The molecule has 1 saturated heterocycles. The minimum absolute atomic E-state index is 0.211. The van der Waals surface area contributed by atoms with Crippen LogP contribution < -0.4 is 15.4 Å². The van der Waals surface area contributed by atoms with Crippen molar-refractivity contribution in [2.75, 3.05) is 11.9 Å². The fraction of sp³-hybridized carbons (Fsp3) is 0.160. The summed E-state index contributed by atoms with van der Waals surface area (Å²) in [5.41, 5.74) is 0.0283. The van der Waals surface area contributed by atoms with E-state index in [9.17, 15) is 24.5 Å². The summed E-state index contributed by atoms with van der Waals surface area (Å²) in [7, 11) is 0. The Bertz CT molecular complexity index is 1320. The van der Waals surface area contributed by atoms with Crippen molar-refractivity contribution in [2.45, 2.75) is 19.4 Å². The highest BCUT2D eigenvalue weighted by Gasteiger charge is 2.49. The average molecular weight is 474 g/mol. The number of nitro benzene ring substituents is 1. The van der Waals surface area contributed by atoms with Crippen molar-refractivity contribution in [3.8, 4) is 11.5 Å². The van der Waals surface area contributed by atoms with Crippen LogP contribution in [0.4, 0.5) is 16.2 Å². The van der Waals surface area contributed by atoms with Crippen molar-refractivity contribution in [2.24, 2.45) is 0 Å². The molecule has 0 bridgehead atoms. The predicted molar refractivity (Wildman–Crippen MR) is 127 cm³/mol. The van der Waals surface area contributed by atoms with E-state index >= 15 is 0 Å². The number of non-ortho nitro benzene ring substituents is 1. The Morgan fingerprint density at radius 3 is 2.46 bits per heavy atom. The lowest BCUT2D eigenvalue weighted by molar-refractivity contribution is -0.385. The average Bonchev–Trinajstić information content (AvgIpc) is 3.04. The first-order chi connectivity index (χ1) is 16.7. The van der Waals surface area contributed by atoms with E-state index in [2.05, 4.69) is 10.6 Å². The van der Waals surface area contributed by atoms with Crippen molar-refractivity contribution >= 4 is 29.2 Å². The first kappa shape index (κ1) is 23.4. The van der Waals surface area contributed by atoms with Crippen LogP contribution in [0.2, 0.25) is 0 Å². The molecule has 0 aliphatic carbocycles. The minimum atomic E-state index is -1.53. The van der Waals surface area contributed by atoms with Gasteiger partial charge >= 0.3 is 6.03 Å². The highest BCUT2D eigenvalue weighted by molar-refractivity contribution is 6.10. The van der Waals surface area contributed by atoms with Gasteiger partial charge in [0.1, 0.15) is 23.6 Å². The Balaban J connectivity index is 1.41. The molecule has 0 radical (unpaired) electrons. The number of ether oxygens (including phenoxy) is 1. The van der Waals surface area contributed by atoms with Gasteiger partial charge in [0.05, 0.1) is 4.92 Å². The van der Waals surface area contributed by atoms with E-state index in [0.717, 1.165) is 10.5 Å². The van der Waals surface area contributed by atoms with E-state index in [0.29, 0.717) is 17.2 Å². The molecule has 10 nitrogen and oxygen atoms in total. The molecule has 1 unspecified atom stereocenters. The Hall–Kier alpha value is -4.73. The van der Waals surface area contributed by atoms with Crippen molar-refractivity contribution in [3.63, 3.8) is 0 Å². The number of carbonyl (C=O) groups is 3. The van der Waals surface area contributed by atoms with Gasteiger partial charge in [0.25, 0.3) is 11.6 Å². The zero-order chi connectivity index (χ0) is 25.2. The smallest absolute Gasteiger partial charge is 0.325 e. The number of hydrogen-bond acceptors (Lipinski definition) is 6. The fourth-order valence-electron chi connectivity index (χ4n) is 3.73. The van der Waals surface area contributed by atoms with E-state index < -0.39 is 34.9 Å². The molecule has 4 rings (SSSR count). The van der Waals surface area contributed by atoms with Gasteiger partial charge in [0.2, 0.25) is 5.91 Å². The van der Waals surface area contributed by atoms with Gasteiger partial charge in [0, 0.05) is 17.8 Å². The third-order valence-electron chi connectivity index (χ3n) is 5.57. The molecular weight excluding hydrogens is 452 g/mol. The Morgan fingerprint density at radius 2 is 1.77 bits per heavy atom. The van der Waals surface area contributed by atoms with Crippen LogP contribution in [0.5, 0.6) is 11.5 Å². The molecule has 0 aromatic heterocycles. The van der Waals surface area contributed by atoms with E-state index in [1.807, 2.05) is 31.2 Å². The van der Waals surface area contributed by atoms with Gasteiger partial charge in [-0.1, -0.05) is 24.3 Å². The first-order valence-corrected chi connectivity index (χ1v) is 10.7. The number of rotatable bonds is 7. The van der Waals surface area contributed by atoms with Gasteiger partial charge in [-0.05, 0) is 61.4 Å². The van der Waals surface area contributed by atoms with Crippen molar-refractivity contribution in [1.82, 2.24) is 10.2 Å². The van der Waals surface area contributed by atoms with Gasteiger partial charge in [-0.2, -0.15) is 0 Å². The zero-order valence-corrected chi connectivity index (χ0v) is 19.0. The molecule has 1 fully saturated rings. The second-order valence-corrected chi connectivity index (χ2v) is 8.25. The number of benzene rings is 3. The Kier molecular flexibility index (Phi) is 6.20. The lowest BCUT2D eigenvalue weighted by Crippen LogP contribution is -2.42. The van der Waals surface area contributed by atoms with Crippen LogP contribution in [0.15, 0.2) is 72.8 Å². The summed E-state index contributed by atoms with van der Waals surface area (Å²) in [5.74, 6) is 0.00625. The van der Waals surface area contributed by atoms with Gasteiger partial charge in [-0.15, -0.1) is 0 Å². The van der Waals surface area contributed by atoms with Crippen LogP contribution in [0.1, 0.15) is 18.1 Å². The lowest BCUT2D eigenvalue weighted by Gasteiger charge is -2.22. The van der Waals surface area contributed by atoms with Crippen LogP contribution >= 0.6 is 0 Å². The monoisotopic (exact) mass is 474 g/mol. The number of carbonyl (C=O) groups excluding carboxylic acids is 3. The largest absolute Gasteiger partial charge is 0.457 e. The second-order valence-electron chi connectivity index (χ2n) is 8.25. The number of imide groups is 1. The summed E-state index contributed by atoms with van der Waals surface area (Å²) in [5, 5.41) is 16.3. The Labute approximate surface area is 200 Å². The summed E-state index contributed by atoms with van der Waals surface area (Å²) in [6.07, 6.45) is 0. The molecule has 1 aliphatic rings. The molecule has 178 valence electrons. The lowest BCUT2D eigenvalue weighted by atomic mass is 9.91. The summed E-state index contributed by atoms with van der Waals surface area (Å²) in [4.78, 5) is 49.4. The SMILES string of the molecule is Cc1cccc(Oc2ccc(NC(=O)CN3C(=O)NC(C)(c4cccc([N+](=O)[O-])c4)C3=O)cc2)c1.